The van der Waals surface area contributed by atoms with Crippen LogP contribution in [0.1, 0.15) is 19.4 Å². The molecule has 0 saturated carbocycles. The average Bonchev–Trinajstić information content (AvgIpc) is 2.64. The highest BCUT2D eigenvalue weighted by molar-refractivity contribution is 14.0. The molecule has 7 heteroatoms. The number of aliphatic imine (C=N–C) groups is 1. The van der Waals surface area contributed by atoms with Gasteiger partial charge in [-0.25, -0.2) is 0 Å². The summed E-state index contributed by atoms with van der Waals surface area (Å²) in [6, 6.07) is 7.89. The maximum absolute atomic E-state index is 6.20. The Kier molecular flexibility index (Phi) is 11.5. The molecule has 1 aliphatic rings. The predicted octanol–water partition coefficient (Wildman–Crippen LogP) is 2.90. The second-order valence-corrected chi connectivity index (χ2v) is 7.15. The molecule has 0 spiro atoms. The van der Waals surface area contributed by atoms with Crippen molar-refractivity contribution in [2.75, 3.05) is 52.9 Å². The van der Waals surface area contributed by atoms with Crippen LogP contribution in [0.4, 0.5) is 0 Å². The quantitative estimate of drug-likeness (QED) is 0.348. The van der Waals surface area contributed by atoms with Crippen LogP contribution in [0.3, 0.4) is 0 Å². The number of nitrogens with one attached hydrogen (secondary N) is 2. The summed E-state index contributed by atoms with van der Waals surface area (Å²) in [5.41, 5.74) is 1.08. The van der Waals surface area contributed by atoms with E-state index >= 15 is 0 Å². The van der Waals surface area contributed by atoms with Crippen LogP contribution in [-0.2, 0) is 6.54 Å². The Balaban J connectivity index is 0.00000338. The van der Waals surface area contributed by atoms with Gasteiger partial charge in [-0.1, -0.05) is 43.6 Å². The Morgan fingerprint density at radius 1 is 1.15 bits per heavy atom. The van der Waals surface area contributed by atoms with Crippen molar-refractivity contribution in [1.82, 2.24) is 20.4 Å². The van der Waals surface area contributed by atoms with Crippen molar-refractivity contribution in [3.63, 3.8) is 0 Å². The molecule has 1 aromatic carbocycles. The lowest BCUT2D eigenvalue weighted by molar-refractivity contribution is 0.124. The number of halogens is 2. The summed E-state index contributed by atoms with van der Waals surface area (Å²) in [5, 5.41) is 7.54. The number of benzene rings is 1. The molecule has 0 radical (unpaired) electrons. The van der Waals surface area contributed by atoms with Gasteiger partial charge in [-0.3, -0.25) is 4.99 Å². The van der Waals surface area contributed by atoms with E-state index in [-0.39, 0.29) is 24.0 Å². The number of nitrogens with zero attached hydrogens (tertiary/aromatic N) is 3. The molecule has 1 fully saturated rings. The van der Waals surface area contributed by atoms with E-state index in [9.17, 15) is 0 Å². The van der Waals surface area contributed by atoms with Crippen LogP contribution in [0, 0.1) is 5.92 Å². The van der Waals surface area contributed by atoms with E-state index in [0.29, 0.717) is 12.5 Å². The first-order chi connectivity index (χ1) is 12.1. The topological polar surface area (TPSA) is 42.9 Å². The molecule has 0 aromatic heterocycles. The van der Waals surface area contributed by atoms with Gasteiger partial charge in [0.05, 0.1) is 0 Å². The summed E-state index contributed by atoms with van der Waals surface area (Å²) in [6.45, 7) is 13.2. The number of hydrogen-bond donors (Lipinski definition) is 2. The Morgan fingerprint density at radius 2 is 1.81 bits per heavy atom. The molecule has 5 nitrogen and oxygen atoms in total. The minimum atomic E-state index is 0. The van der Waals surface area contributed by atoms with Gasteiger partial charge in [0.2, 0.25) is 0 Å². The highest BCUT2D eigenvalue weighted by Gasteiger charge is 2.17. The minimum absolute atomic E-state index is 0. The van der Waals surface area contributed by atoms with Crippen LogP contribution in [0.15, 0.2) is 29.3 Å². The second kappa shape index (κ2) is 12.8. The van der Waals surface area contributed by atoms with Gasteiger partial charge >= 0.3 is 0 Å². The highest BCUT2D eigenvalue weighted by Crippen LogP contribution is 2.14. The molecular weight excluding hydrogens is 461 g/mol. The van der Waals surface area contributed by atoms with Gasteiger partial charge in [-0.05, 0) is 24.1 Å². The van der Waals surface area contributed by atoms with Gasteiger partial charge in [-0.15, -0.1) is 24.0 Å². The fourth-order valence-corrected chi connectivity index (χ4v) is 3.31. The van der Waals surface area contributed by atoms with Gasteiger partial charge in [0.25, 0.3) is 0 Å². The van der Waals surface area contributed by atoms with Crippen molar-refractivity contribution in [3.05, 3.63) is 34.9 Å². The Labute approximate surface area is 180 Å². The summed E-state index contributed by atoms with van der Waals surface area (Å²) in [5.74, 6) is 1.40. The zero-order chi connectivity index (χ0) is 18.1. The molecule has 1 saturated heterocycles. The standard InChI is InChI=1S/C19H32ClN5.HI/c1-4-24-9-11-25(12-10-24)15-16(2)13-22-19(21-3)23-14-17-7-5-6-8-18(17)20;/h5-8,16H,4,9-15H2,1-3H3,(H2,21,22,23);1H. The molecule has 1 aliphatic heterocycles. The van der Waals surface area contributed by atoms with E-state index in [1.807, 2.05) is 24.3 Å². The van der Waals surface area contributed by atoms with Crippen molar-refractivity contribution in [3.8, 4) is 0 Å². The molecule has 2 N–H and O–H groups in total. The smallest absolute Gasteiger partial charge is 0.191 e. The number of piperazine rings is 1. The zero-order valence-electron chi connectivity index (χ0n) is 16.2. The summed E-state index contributed by atoms with van der Waals surface area (Å²) in [7, 11) is 1.80. The molecule has 0 bridgehead atoms. The van der Waals surface area contributed by atoms with Crippen LogP contribution in [0.2, 0.25) is 5.02 Å². The molecule has 1 atom stereocenters. The van der Waals surface area contributed by atoms with Gasteiger partial charge in [-0.2, -0.15) is 0 Å². The fourth-order valence-electron chi connectivity index (χ4n) is 3.11. The van der Waals surface area contributed by atoms with Crippen molar-refractivity contribution in [2.45, 2.75) is 20.4 Å². The summed E-state index contributed by atoms with van der Waals surface area (Å²) < 4.78 is 0. The lowest BCUT2D eigenvalue weighted by Crippen LogP contribution is -2.48. The SMILES string of the molecule is CCN1CCN(CC(C)CNC(=NC)NCc2ccccc2Cl)CC1.I. The van der Waals surface area contributed by atoms with Gasteiger partial charge in [0.15, 0.2) is 5.96 Å². The molecule has 148 valence electrons. The van der Waals surface area contributed by atoms with Crippen molar-refractivity contribution in [1.29, 1.82) is 0 Å². The van der Waals surface area contributed by atoms with Gasteiger partial charge in [0, 0.05) is 57.9 Å². The Hall–Kier alpha value is -0.570. The third-order valence-corrected chi connectivity index (χ3v) is 5.10. The molecule has 0 aliphatic carbocycles. The van der Waals surface area contributed by atoms with Gasteiger partial charge in [0.1, 0.15) is 0 Å². The van der Waals surface area contributed by atoms with Crippen molar-refractivity contribution < 1.29 is 0 Å². The maximum atomic E-state index is 6.20. The number of guanidine groups is 1. The fraction of sp³-hybridized carbons (Fsp3) is 0.632. The summed E-state index contributed by atoms with van der Waals surface area (Å²) in [4.78, 5) is 9.39. The monoisotopic (exact) mass is 493 g/mol. The van der Waals surface area contributed by atoms with Crippen LogP contribution in [0.5, 0.6) is 0 Å². The molecular formula is C19H33ClIN5. The molecule has 1 unspecified atom stereocenters. The first-order valence-corrected chi connectivity index (χ1v) is 9.62. The average molecular weight is 494 g/mol. The summed E-state index contributed by atoms with van der Waals surface area (Å²) >= 11 is 6.20. The molecule has 2 rings (SSSR count). The first-order valence-electron chi connectivity index (χ1n) is 9.25. The van der Waals surface area contributed by atoms with E-state index in [2.05, 4.69) is 39.3 Å². The molecule has 26 heavy (non-hydrogen) atoms. The van der Waals surface area contributed by atoms with Crippen LogP contribution in [-0.4, -0.2) is 68.6 Å². The number of hydrogen-bond acceptors (Lipinski definition) is 3. The predicted molar refractivity (Wildman–Crippen MR) is 123 cm³/mol. The minimum Gasteiger partial charge on any atom is -0.356 e. The van der Waals surface area contributed by atoms with E-state index < -0.39 is 0 Å². The molecule has 0 amide bonds. The summed E-state index contributed by atoms with van der Waals surface area (Å²) in [6.07, 6.45) is 0. The third-order valence-electron chi connectivity index (χ3n) is 4.73. The lowest BCUT2D eigenvalue weighted by atomic mass is 10.1. The van der Waals surface area contributed by atoms with Crippen LogP contribution >= 0.6 is 35.6 Å². The van der Waals surface area contributed by atoms with Crippen molar-refractivity contribution in [2.24, 2.45) is 10.9 Å². The van der Waals surface area contributed by atoms with E-state index in [1.165, 1.54) is 32.7 Å². The first kappa shape index (κ1) is 23.5. The number of likely N-dealkylation sites (N-methyl/N-ethyl adjacent to an activating group) is 1. The normalized spacial score (nSPS) is 17.5. The zero-order valence-corrected chi connectivity index (χ0v) is 19.3. The third kappa shape index (κ3) is 7.98. The second-order valence-electron chi connectivity index (χ2n) is 6.74. The van der Waals surface area contributed by atoms with Crippen LogP contribution in [0.25, 0.3) is 0 Å². The largest absolute Gasteiger partial charge is 0.356 e. The van der Waals surface area contributed by atoms with Crippen LogP contribution < -0.4 is 10.6 Å². The van der Waals surface area contributed by atoms with E-state index in [4.69, 9.17) is 11.6 Å². The Bertz CT molecular complexity index is 546. The van der Waals surface area contributed by atoms with E-state index in [1.54, 1.807) is 7.05 Å². The van der Waals surface area contributed by atoms with Gasteiger partial charge < -0.3 is 20.4 Å². The lowest BCUT2D eigenvalue weighted by Gasteiger charge is -2.35. The molecule has 1 aromatic rings. The maximum Gasteiger partial charge on any atom is 0.191 e. The number of rotatable bonds is 7. The van der Waals surface area contributed by atoms with E-state index in [0.717, 1.165) is 29.6 Å². The Morgan fingerprint density at radius 3 is 2.42 bits per heavy atom. The molecule has 1 heterocycles. The van der Waals surface area contributed by atoms with Crippen molar-refractivity contribution >= 4 is 41.5 Å². The highest BCUT2D eigenvalue weighted by atomic mass is 127.